The van der Waals surface area contributed by atoms with Crippen molar-refractivity contribution in [3.63, 3.8) is 0 Å². The van der Waals surface area contributed by atoms with Crippen LogP contribution in [0.2, 0.25) is 0 Å². The zero-order valence-corrected chi connectivity index (χ0v) is 11.8. The van der Waals surface area contributed by atoms with Crippen molar-refractivity contribution in [3.8, 4) is 11.5 Å². The lowest BCUT2D eigenvalue weighted by molar-refractivity contribution is 0.353. The summed E-state index contributed by atoms with van der Waals surface area (Å²) in [5.41, 5.74) is 7.47. The fourth-order valence-corrected chi connectivity index (χ4v) is 2.65. The highest BCUT2D eigenvalue weighted by Gasteiger charge is 2.23. The first-order valence-corrected chi connectivity index (χ1v) is 6.23. The summed E-state index contributed by atoms with van der Waals surface area (Å²) in [7, 11) is 3.30. The van der Waals surface area contributed by atoms with E-state index in [0.29, 0.717) is 5.92 Å². The number of methoxy groups -OCH3 is 2. The van der Waals surface area contributed by atoms with Crippen LogP contribution in [0.1, 0.15) is 37.3 Å². The number of hydrogen-bond donors (Lipinski definition) is 1. The molecule has 2 rings (SSSR count). The molecule has 1 saturated carbocycles. The van der Waals surface area contributed by atoms with Crippen molar-refractivity contribution in [2.45, 2.75) is 31.7 Å². The molecule has 0 unspecified atom stereocenters. The zero-order chi connectivity index (χ0) is 12.3. The Morgan fingerprint density at radius 3 is 2.28 bits per heavy atom. The predicted octanol–water partition coefficient (Wildman–Crippen LogP) is 3.32. The van der Waals surface area contributed by atoms with Crippen LogP contribution in [0.4, 0.5) is 0 Å². The summed E-state index contributed by atoms with van der Waals surface area (Å²) in [5, 5.41) is 0. The van der Waals surface area contributed by atoms with Crippen molar-refractivity contribution < 1.29 is 9.47 Å². The molecule has 4 heteroatoms. The molecule has 18 heavy (non-hydrogen) atoms. The molecule has 1 aliphatic carbocycles. The summed E-state index contributed by atoms with van der Waals surface area (Å²) in [6, 6.07) is 6.10. The van der Waals surface area contributed by atoms with E-state index in [1.807, 2.05) is 18.2 Å². The van der Waals surface area contributed by atoms with E-state index >= 15 is 0 Å². The van der Waals surface area contributed by atoms with Crippen LogP contribution >= 0.6 is 12.4 Å². The van der Waals surface area contributed by atoms with Crippen molar-refractivity contribution >= 4 is 12.4 Å². The van der Waals surface area contributed by atoms with Gasteiger partial charge in [0, 0.05) is 6.04 Å². The zero-order valence-electron chi connectivity index (χ0n) is 11.0. The molecule has 0 bridgehead atoms. The van der Waals surface area contributed by atoms with Crippen molar-refractivity contribution in [1.82, 2.24) is 0 Å². The Labute approximate surface area is 115 Å². The third-order valence-corrected chi connectivity index (χ3v) is 3.70. The number of halogens is 1. The van der Waals surface area contributed by atoms with Crippen molar-refractivity contribution in [2.75, 3.05) is 14.2 Å². The van der Waals surface area contributed by atoms with Gasteiger partial charge >= 0.3 is 0 Å². The maximum Gasteiger partial charge on any atom is 0.161 e. The molecule has 0 spiro atoms. The number of ether oxygens (including phenoxy) is 2. The Kier molecular flexibility index (Phi) is 5.76. The Morgan fingerprint density at radius 2 is 1.72 bits per heavy atom. The van der Waals surface area contributed by atoms with E-state index in [1.165, 1.54) is 25.7 Å². The fourth-order valence-electron chi connectivity index (χ4n) is 2.65. The van der Waals surface area contributed by atoms with Gasteiger partial charge in [0.15, 0.2) is 11.5 Å². The normalized spacial score (nSPS) is 17.1. The van der Waals surface area contributed by atoms with Crippen molar-refractivity contribution in [3.05, 3.63) is 23.8 Å². The fraction of sp³-hybridized carbons (Fsp3) is 0.571. The minimum absolute atomic E-state index is 0. The molecule has 1 atom stereocenters. The molecule has 1 aromatic carbocycles. The highest BCUT2D eigenvalue weighted by molar-refractivity contribution is 5.85. The van der Waals surface area contributed by atoms with Crippen LogP contribution in [0, 0.1) is 5.92 Å². The molecule has 2 N–H and O–H groups in total. The smallest absolute Gasteiger partial charge is 0.161 e. The second kappa shape index (κ2) is 6.86. The predicted molar refractivity (Wildman–Crippen MR) is 75.7 cm³/mol. The molecular formula is C14H22ClNO2. The molecule has 102 valence electrons. The quantitative estimate of drug-likeness (QED) is 0.914. The molecule has 0 aliphatic heterocycles. The number of benzene rings is 1. The average molecular weight is 272 g/mol. The summed E-state index contributed by atoms with van der Waals surface area (Å²) in [6.45, 7) is 0. The first kappa shape index (κ1) is 15.1. The highest BCUT2D eigenvalue weighted by Crippen LogP contribution is 2.37. The van der Waals surface area contributed by atoms with Crippen LogP contribution in [0.25, 0.3) is 0 Å². The summed E-state index contributed by atoms with van der Waals surface area (Å²) in [5.74, 6) is 2.14. The van der Waals surface area contributed by atoms with Gasteiger partial charge in [0.1, 0.15) is 0 Å². The van der Waals surface area contributed by atoms with E-state index in [1.54, 1.807) is 14.2 Å². The van der Waals surface area contributed by atoms with Gasteiger partial charge in [-0.2, -0.15) is 0 Å². The van der Waals surface area contributed by atoms with Gasteiger partial charge in [-0.15, -0.1) is 12.4 Å². The summed E-state index contributed by atoms with van der Waals surface area (Å²) in [4.78, 5) is 0. The molecule has 0 radical (unpaired) electrons. The highest BCUT2D eigenvalue weighted by atomic mass is 35.5. The van der Waals surface area contributed by atoms with Crippen LogP contribution in [-0.4, -0.2) is 14.2 Å². The second-order valence-electron chi connectivity index (χ2n) is 4.68. The maximum atomic E-state index is 6.32. The van der Waals surface area contributed by atoms with E-state index < -0.39 is 0 Å². The van der Waals surface area contributed by atoms with E-state index in [4.69, 9.17) is 15.2 Å². The lowest BCUT2D eigenvalue weighted by Crippen LogP contribution is -2.19. The van der Waals surface area contributed by atoms with Crippen molar-refractivity contribution in [1.29, 1.82) is 0 Å². The Hall–Kier alpha value is -0.930. The summed E-state index contributed by atoms with van der Waals surface area (Å²) in [6.07, 6.45) is 5.11. The number of nitrogens with two attached hydrogens (primary N) is 1. The van der Waals surface area contributed by atoms with Crippen LogP contribution < -0.4 is 15.2 Å². The van der Waals surface area contributed by atoms with Gasteiger partial charge in [0.2, 0.25) is 0 Å². The summed E-state index contributed by atoms with van der Waals surface area (Å²) < 4.78 is 10.5. The molecule has 1 aliphatic rings. The number of hydrogen-bond acceptors (Lipinski definition) is 3. The maximum absolute atomic E-state index is 6.32. The van der Waals surface area contributed by atoms with Gasteiger partial charge in [-0.05, 0) is 36.5 Å². The Balaban J connectivity index is 0.00000162. The molecule has 0 heterocycles. The molecule has 0 aromatic heterocycles. The molecule has 3 nitrogen and oxygen atoms in total. The van der Waals surface area contributed by atoms with Crippen molar-refractivity contribution in [2.24, 2.45) is 11.7 Å². The van der Waals surface area contributed by atoms with Gasteiger partial charge in [-0.25, -0.2) is 0 Å². The third-order valence-electron chi connectivity index (χ3n) is 3.70. The van der Waals surface area contributed by atoms with E-state index in [-0.39, 0.29) is 18.4 Å². The Morgan fingerprint density at radius 1 is 1.11 bits per heavy atom. The first-order chi connectivity index (χ1) is 8.26. The monoisotopic (exact) mass is 271 g/mol. The lowest BCUT2D eigenvalue weighted by Gasteiger charge is -2.20. The van der Waals surface area contributed by atoms with Gasteiger partial charge < -0.3 is 15.2 Å². The molecule has 1 aromatic rings. The molecule has 0 saturated heterocycles. The minimum atomic E-state index is 0. The van der Waals surface area contributed by atoms with Gasteiger partial charge in [0.25, 0.3) is 0 Å². The van der Waals surface area contributed by atoms with Crippen LogP contribution in [0.5, 0.6) is 11.5 Å². The van der Waals surface area contributed by atoms with Crippen LogP contribution in [0.3, 0.4) is 0 Å². The number of rotatable bonds is 4. The SMILES string of the molecule is COc1ccc([C@H](N)C2CCCC2)cc1OC.Cl. The molecular weight excluding hydrogens is 250 g/mol. The van der Waals surface area contributed by atoms with Crippen LogP contribution in [0.15, 0.2) is 18.2 Å². The third kappa shape index (κ3) is 3.09. The van der Waals surface area contributed by atoms with E-state index in [0.717, 1.165) is 17.1 Å². The Bertz CT molecular complexity index is 378. The van der Waals surface area contributed by atoms with Crippen LogP contribution in [-0.2, 0) is 0 Å². The van der Waals surface area contributed by atoms with Gasteiger partial charge in [-0.1, -0.05) is 18.9 Å². The standard InChI is InChI=1S/C14H21NO2.ClH/c1-16-12-8-7-11(9-13(12)17-2)14(15)10-5-3-4-6-10;/h7-10,14H,3-6,15H2,1-2H3;1H/t14-;/m1./s1. The minimum Gasteiger partial charge on any atom is -0.493 e. The second-order valence-corrected chi connectivity index (χ2v) is 4.68. The first-order valence-electron chi connectivity index (χ1n) is 6.23. The van der Waals surface area contributed by atoms with Gasteiger partial charge in [0.05, 0.1) is 14.2 Å². The van der Waals surface area contributed by atoms with E-state index in [2.05, 4.69) is 0 Å². The molecule has 1 fully saturated rings. The van der Waals surface area contributed by atoms with Gasteiger partial charge in [-0.3, -0.25) is 0 Å². The topological polar surface area (TPSA) is 44.5 Å². The largest absolute Gasteiger partial charge is 0.493 e. The lowest BCUT2D eigenvalue weighted by atomic mass is 9.92. The summed E-state index contributed by atoms with van der Waals surface area (Å²) >= 11 is 0. The average Bonchev–Trinajstić information content (AvgIpc) is 2.90. The van der Waals surface area contributed by atoms with E-state index in [9.17, 15) is 0 Å². The molecule has 0 amide bonds.